The number of nitrogens with one attached hydrogen (secondary N) is 1. The zero-order chi connectivity index (χ0) is 14.9. The van der Waals surface area contributed by atoms with Crippen molar-refractivity contribution in [1.29, 1.82) is 0 Å². The average Bonchev–Trinajstić information content (AvgIpc) is 3.04. The van der Waals surface area contributed by atoms with Crippen molar-refractivity contribution in [2.24, 2.45) is 0 Å². The quantitative estimate of drug-likeness (QED) is 0.938. The zero-order valence-electron chi connectivity index (χ0n) is 13.0. The summed E-state index contributed by atoms with van der Waals surface area (Å²) in [4.78, 5) is 0. The Bertz CT molecular complexity index is 602. The van der Waals surface area contributed by atoms with Gasteiger partial charge in [-0.05, 0) is 45.7 Å². The molecule has 3 rings (SSSR count). The normalized spacial score (nSPS) is 23.0. The summed E-state index contributed by atoms with van der Waals surface area (Å²) >= 11 is 0. The van der Waals surface area contributed by atoms with Crippen molar-refractivity contribution in [3.8, 4) is 0 Å². The van der Waals surface area contributed by atoms with E-state index in [1.165, 1.54) is 0 Å². The van der Waals surface area contributed by atoms with Crippen LogP contribution >= 0.6 is 0 Å². The molecule has 2 unspecified atom stereocenters. The molecule has 0 amide bonds. The summed E-state index contributed by atoms with van der Waals surface area (Å²) in [5.41, 5.74) is 2.17. The van der Waals surface area contributed by atoms with Gasteiger partial charge < -0.3 is 10.1 Å². The molecule has 114 valence electrons. The Hall–Kier alpha value is -1.46. The van der Waals surface area contributed by atoms with Gasteiger partial charge >= 0.3 is 0 Å². The lowest BCUT2D eigenvalue weighted by Gasteiger charge is -2.23. The van der Waals surface area contributed by atoms with Gasteiger partial charge in [-0.15, -0.1) is 5.10 Å². The molecule has 21 heavy (non-hydrogen) atoms. The Morgan fingerprint density at radius 3 is 2.81 bits per heavy atom. The second kappa shape index (κ2) is 5.73. The van der Waals surface area contributed by atoms with Crippen LogP contribution in [0.5, 0.6) is 0 Å². The first kappa shape index (κ1) is 14.5. The van der Waals surface area contributed by atoms with Crippen molar-refractivity contribution >= 4 is 11.0 Å². The van der Waals surface area contributed by atoms with Crippen molar-refractivity contribution in [2.75, 3.05) is 6.54 Å². The monoisotopic (exact) mass is 288 g/mol. The molecule has 2 heterocycles. The van der Waals surface area contributed by atoms with E-state index < -0.39 is 0 Å². The van der Waals surface area contributed by atoms with E-state index in [1.54, 1.807) is 0 Å². The summed E-state index contributed by atoms with van der Waals surface area (Å²) in [7, 11) is 0. The molecule has 0 radical (unpaired) electrons. The highest BCUT2D eigenvalue weighted by Gasteiger charge is 2.27. The number of hydrogen-bond donors (Lipinski definition) is 1. The Morgan fingerprint density at radius 2 is 2.00 bits per heavy atom. The van der Waals surface area contributed by atoms with Gasteiger partial charge in [-0.2, -0.15) is 0 Å². The molecule has 0 bridgehead atoms. The molecule has 0 saturated carbocycles. The molecule has 0 spiro atoms. The van der Waals surface area contributed by atoms with Crippen molar-refractivity contribution in [1.82, 2.24) is 20.3 Å². The first-order valence-corrected chi connectivity index (χ1v) is 7.70. The van der Waals surface area contributed by atoms with E-state index >= 15 is 0 Å². The maximum Gasteiger partial charge on any atom is 0.113 e. The maximum atomic E-state index is 6.13. The second-order valence-electron chi connectivity index (χ2n) is 6.85. The predicted octanol–water partition coefficient (Wildman–Crippen LogP) is 2.37. The van der Waals surface area contributed by atoms with Gasteiger partial charge in [0, 0.05) is 12.1 Å². The minimum atomic E-state index is 0.142. The van der Waals surface area contributed by atoms with Crippen LogP contribution in [-0.2, 0) is 11.3 Å². The van der Waals surface area contributed by atoms with Crippen LogP contribution in [0.25, 0.3) is 11.0 Å². The number of nitrogens with zero attached hydrogens (tertiary/aromatic N) is 3. The van der Waals surface area contributed by atoms with Crippen LogP contribution in [0.3, 0.4) is 0 Å². The SMILES string of the molecule is CC(C)(C)NCC1CCC(Cn2nnc3ccccc32)O1. The fourth-order valence-electron chi connectivity index (χ4n) is 2.73. The highest BCUT2D eigenvalue weighted by atomic mass is 16.5. The number of aromatic nitrogens is 3. The molecule has 1 saturated heterocycles. The Kier molecular flexibility index (Phi) is 3.95. The number of benzene rings is 1. The molecule has 1 aliphatic heterocycles. The molecule has 1 aromatic carbocycles. The van der Waals surface area contributed by atoms with Crippen molar-refractivity contribution < 1.29 is 4.74 Å². The molecule has 1 aliphatic rings. The maximum absolute atomic E-state index is 6.13. The summed E-state index contributed by atoms with van der Waals surface area (Å²) in [6, 6.07) is 8.06. The fourth-order valence-corrected chi connectivity index (χ4v) is 2.73. The van der Waals surface area contributed by atoms with Gasteiger partial charge in [-0.25, -0.2) is 4.68 Å². The summed E-state index contributed by atoms with van der Waals surface area (Å²) in [6.07, 6.45) is 2.75. The van der Waals surface area contributed by atoms with Crippen LogP contribution in [0.15, 0.2) is 24.3 Å². The van der Waals surface area contributed by atoms with Crippen molar-refractivity contribution in [2.45, 2.75) is 57.9 Å². The van der Waals surface area contributed by atoms with Crippen LogP contribution in [0, 0.1) is 0 Å². The van der Waals surface area contributed by atoms with Crippen LogP contribution in [0.2, 0.25) is 0 Å². The van der Waals surface area contributed by atoms with Crippen LogP contribution in [-0.4, -0.2) is 39.3 Å². The summed E-state index contributed by atoms with van der Waals surface area (Å²) in [5.74, 6) is 0. The third kappa shape index (κ3) is 3.60. The number of para-hydroxylation sites is 1. The third-order valence-electron chi connectivity index (χ3n) is 3.85. The number of fused-ring (bicyclic) bond motifs is 1. The van der Waals surface area contributed by atoms with Crippen LogP contribution in [0.4, 0.5) is 0 Å². The van der Waals surface area contributed by atoms with E-state index in [1.807, 2.05) is 22.9 Å². The Labute approximate surface area is 125 Å². The van der Waals surface area contributed by atoms with Gasteiger partial charge in [-0.3, -0.25) is 0 Å². The molecular weight excluding hydrogens is 264 g/mol. The minimum absolute atomic E-state index is 0.142. The molecule has 5 heteroatoms. The molecule has 1 fully saturated rings. The molecule has 2 aromatic rings. The van der Waals surface area contributed by atoms with E-state index in [9.17, 15) is 0 Å². The van der Waals surface area contributed by atoms with Gasteiger partial charge in [0.1, 0.15) is 5.52 Å². The van der Waals surface area contributed by atoms with Crippen LogP contribution in [0.1, 0.15) is 33.6 Å². The molecular formula is C16H24N4O. The second-order valence-corrected chi connectivity index (χ2v) is 6.85. The van der Waals surface area contributed by atoms with Gasteiger partial charge in [0.25, 0.3) is 0 Å². The first-order chi connectivity index (χ1) is 10.0. The number of rotatable bonds is 4. The van der Waals surface area contributed by atoms with E-state index in [0.717, 1.165) is 37.0 Å². The van der Waals surface area contributed by atoms with E-state index in [4.69, 9.17) is 4.74 Å². The molecule has 1 aromatic heterocycles. The number of hydrogen-bond acceptors (Lipinski definition) is 4. The minimum Gasteiger partial charge on any atom is -0.372 e. The van der Waals surface area contributed by atoms with Crippen molar-refractivity contribution in [3.05, 3.63) is 24.3 Å². The Morgan fingerprint density at radius 1 is 1.24 bits per heavy atom. The lowest BCUT2D eigenvalue weighted by molar-refractivity contribution is 0.0316. The summed E-state index contributed by atoms with van der Waals surface area (Å²) < 4.78 is 8.09. The topological polar surface area (TPSA) is 52.0 Å². The average molecular weight is 288 g/mol. The largest absolute Gasteiger partial charge is 0.372 e. The van der Waals surface area contributed by atoms with Crippen LogP contribution < -0.4 is 5.32 Å². The molecule has 2 atom stereocenters. The molecule has 1 N–H and O–H groups in total. The van der Waals surface area contributed by atoms with Gasteiger partial charge in [0.15, 0.2) is 0 Å². The fraction of sp³-hybridized carbons (Fsp3) is 0.625. The first-order valence-electron chi connectivity index (χ1n) is 7.70. The van der Waals surface area contributed by atoms with E-state index in [2.05, 4.69) is 42.5 Å². The zero-order valence-corrected chi connectivity index (χ0v) is 13.0. The molecule has 5 nitrogen and oxygen atoms in total. The van der Waals surface area contributed by atoms with Gasteiger partial charge in [-0.1, -0.05) is 17.3 Å². The van der Waals surface area contributed by atoms with Crippen molar-refractivity contribution in [3.63, 3.8) is 0 Å². The van der Waals surface area contributed by atoms with E-state index in [0.29, 0.717) is 6.10 Å². The van der Waals surface area contributed by atoms with Gasteiger partial charge in [0.05, 0.1) is 24.3 Å². The third-order valence-corrected chi connectivity index (χ3v) is 3.85. The predicted molar refractivity (Wildman–Crippen MR) is 83.2 cm³/mol. The number of ether oxygens (including phenoxy) is 1. The lowest BCUT2D eigenvalue weighted by atomic mass is 10.1. The highest BCUT2D eigenvalue weighted by Crippen LogP contribution is 2.22. The molecule has 0 aliphatic carbocycles. The smallest absolute Gasteiger partial charge is 0.113 e. The van der Waals surface area contributed by atoms with Gasteiger partial charge in [0.2, 0.25) is 0 Å². The summed E-state index contributed by atoms with van der Waals surface area (Å²) in [5, 5.41) is 11.9. The highest BCUT2D eigenvalue weighted by molar-refractivity contribution is 5.73. The lowest BCUT2D eigenvalue weighted by Crippen LogP contribution is -2.41. The summed E-state index contributed by atoms with van der Waals surface area (Å²) in [6.45, 7) is 8.24. The standard InChI is InChI=1S/C16H24N4O/c1-16(2,3)17-10-12-8-9-13(21-12)11-20-15-7-5-4-6-14(15)18-19-20/h4-7,12-13,17H,8-11H2,1-3H3. The van der Waals surface area contributed by atoms with E-state index in [-0.39, 0.29) is 11.6 Å². The Balaban J connectivity index is 1.57.